The minimum Gasteiger partial charge on any atom is -0.466 e. The molecule has 0 bridgehead atoms. The first-order valence-electron chi connectivity index (χ1n) is 11.6. The van der Waals surface area contributed by atoms with Gasteiger partial charge in [0, 0.05) is 32.6 Å². The van der Waals surface area contributed by atoms with Crippen LogP contribution in [0.4, 0.5) is 0 Å². The molecule has 5 nitrogen and oxygen atoms in total. The Morgan fingerprint density at radius 2 is 1.38 bits per heavy atom. The van der Waals surface area contributed by atoms with Crippen molar-refractivity contribution in [2.75, 3.05) is 45.9 Å². The molecular weight excluding hydrogens is 493 g/mol. The molecule has 3 rings (SSSR count). The highest BCUT2D eigenvalue weighted by atomic mass is 35.5. The van der Waals surface area contributed by atoms with Crippen molar-refractivity contribution in [2.45, 2.75) is 39.2 Å². The van der Waals surface area contributed by atoms with Crippen LogP contribution in [0.5, 0.6) is 0 Å². The van der Waals surface area contributed by atoms with E-state index in [0.29, 0.717) is 19.1 Å². The van der Waals surface area contributed by atoms with Crippen LogP contribution in [0.3, 0.4) is 0 Å². The van der Waals surface area contributed by atoms with Crippen molar-refractivity contribution in [1.29, 1.82) is 0 Å². The second kappa shape index (κ2) is 21.0. The van der Waals surface area contributed by atoms with E-state index in [4.69, 9.17) is 5.73 Å². The van der Waals surface area contributed by atoms with Crippen LogP contribution in [0.25, 0.3) is 0 Å². The molecule has 0 amide bonds. The highest BCUT2D eigenvalue weighted by Crippen LogP contribution is 2.29. The summed E-state index contributed by atoms with van der Waals surface area (Å²) in [5.74, 6) is -0.0880. The molecule has 1 aliphatic rings. The third kappa shape index (κ3) is 12.4. The number of rotatable bonds is 9. The Balaban J connectivity index is 0. The quantitative estimate of drug-likeness (QED) is 0.439. The van der Waals surface area contributed by atoms with E-state index in [-0.39, 0.29) is 43.2 Å². The molecule has 1 aliphatic heterocycles. The maximum absolute atomic E-state index is 10.4. The Morgan fingerprint density at radius 1 is 0.882 bits per heavy atom. The van der Waals surface area contributed by atoms with Crippen molar-refractivity contribution >= 4 is 43.2 Å². The fourth-order valence-electron chi connectivity index (χ4n) is 3.88. The molecular formula is C26H42Cl3N3O2. The highest BCUT2D eigenvalue weighted by Gasteiger charge is 2.25. The minimum atomic E-state index is -0.0880. The Hall–Kier alpha value is -1.34. The number of halogens is 3. The summed E-state index contributed by atoms with van der Waals surface area (Å²) in [5.41, 5.74) is 8.40. The minimum absolute atomic E-state index is 0. The maximum Gasteiger partial charge on any atom is 0.305 e. The van der Waals surface area contributed by atoms with Crippen molar-refractivity contribution in [3.8, 4) is 0 Å². The third-order valence-corrected chi connectivity index (χ3v) is 5.44. The summed E-state index contributed by atoms with van der Waals surface area (Å²) in [5, 5.41) is 0. The van der Waals surface area contributed by atoms with Gasteiger partial charge in [0.05, 0.1) is 12.6 Å². The van der Waals surface area contributed by atoms with Crippen molar-refractivity contribution in [1.82, 2.24) is 9.80 Å². The molecule has 2 aromatic carbocycles. The van der Waals surface area contributed by atoms with E-state index < -0.39 is 0 Å². The number of hydrogen-bond donors (Lipinski definition) is 1. The summed E-state index contributed by atoms with van der Waals surface area (Å²) in [6, 6.07) is 22.1. The zero-order valence-electron chi connectivity index (χ0n) is 20.4. The lowest BCUT2D eigenvalue weighted by Gasteiger charge is -2.39. The van der Waals surface area contributed by atoms with Crippen LogP contribution in [0, 0.1) is 0 Å². The number of nitrogens with zero attached hydrogens (tertiary/aromatic N) is 2. The molecule has 2 aromatic rings. The van der Waals surface area contributed by atoms with Crippen molar-refractivity contribution in [3.63, 3.8) is 0 Å². The average Bonchev–Trinajstić information content (AvgIpc) is 2.81. The second-order valence-corrected chi connectivity index (χ2v) is 7.80. The number of piperazine rings is 1. The van der Waals surface area contributed by atoms with Crippen LogP contribution in [0.2, 0.25) is 0 Å². The van der Waals surface area contributed by atoms with Gasteiger partial charge in [-0.15, -0.1) is 37.2 Å². The highest BCUT2D eigenvalue weighted by molar-refractivity contribution is 5.86. The van der Waals surface area contributed by atoms with Gasteiger partial charge < -0.3 is 15.4 Å². The van der Waals surface area contributed by atoms with Crippen molar-refractivity contribution < 1.29 is 9.53 Å². The van der Waals surface area contributed by atoms with E-state index in [2.05, 4.69) is 75.2 Å². The van der Waals surface area contributed by atoms with Gasteiger partial charge in [-0.1, -0.05) is 67.6 Å². The number of carbonyl (C=O) groups is 1. The van der Waals surface area contributed by atoms with Gasteiger partial charge in [0.15, 0.2) is 0 Å². The number of benzene rings is 2. The lowest BCUT2D eigenvalue weighted by Crippen LogP contribution is -2.48. The van der Waals surface area contributed by atoms with E-state index in [1.54, 1.807) is 0 Å². The maximum atomic E-state index is 10.4. The molecule has 34 heavy (non-hydrogen) atoms. The van der Waals surface area contributed by atoms with Crippen molar-refractivity contribution in [2.24, 2.45) is 5.73 Å². The lowest BCUT2D eigenvalue weighted by atomic mass is 9.96. The Kier molecular flexibility index (Phi) is 21.5. The molecule has 0 spiro atoms. The van der Waals surface area contributed by atoms with Crippen LogP contribution in [0.15, 0.2) is 60.7 Å². The number of nitrogens with two attached hydrogens (primary N) is 1. The number of esters is 1. The van der Waals surface area contributed by atoms with Gasteiger partial charge in [0.25, 0.3) is 0 Å². The smallest absolute Gasteiger partial charge is 0.305 e. The van der Waals surface area contributed by atoms with E-state index in [1.165, 1.54) is 11.1 Å². The fourth-order valence-corrected chi connectivity index (χ4v) is 3.88. The molecule has 0 aliphatic carbocycles. The summed E-state index contributed by atoms with van der Waals surface area (Å²) in [4.78, 5) is 15.6. The molecule has 0 unspecified atom stereocenters. The van der Waals surface area contributed by atoms with Gasteiger partial charge in [-0.3, -0.25) is 9.69 Å². The van der Waals surface area contributed by atoms with Crippen LogP contribution in [-0.4, -0.2) is 61.6 Å². The van der Waals surface area contributed by atoms with Gasteiger partial charge in [0.1, 0.15) is 0 Å². The molecule has 1 saturated heterocycles. The summed E-state index contributed by atoms with van der Waals surface area (Å²) in [6.07, 6.45) is 2.52. The Bertz CT molecular complexity index is 683. The first kappa shape index (κ1) is 34.8. The SMILES string of the molecule is CCCC(=O)OCC.Cl.Cl.Cl.NCCCN1CCN(C(c2ccccc2)c2ccccc2)CC1. The van der Waals surface area contributed by atoms with Gasteiger partial charge >= 0.3 is 5.97 Å². The zero-order chi connectivity index (χ0) is 22.3. The predicted octanol–water partition coefficient (Wildman–Crippen LogP) is 5.36. The summed E-state index contributed by atoms with van der Waals surface area (Å²) in [6.45, 7) is 10.7. The first-order chi connectivity index (χ1) is 15.2. The molecule has 194 valence electrons. The summed E-state index contributed by atoms with van der Waals surface area (Å²) < 4.78 is 4.64. The number of ether oxygens (including phenoxy) is 1. The molecule has 0 atom stereocenters. The van der Waals surface area contributed by atoms with Crippen LogP contribution in [0.1, 0.15) is 50.3 Å². The second-order valence-electron chi connectivity index (χ2n) is 7.80. The normalized spacial score (nSPS) is 13.4. The molecule has 0 aromatic heterocycles. The third-order valence-electron chi connectivity index (χ3n) is 5.44. The molecule has 2 N–H and O–H groups in total. The van der Waals surface area contributed by atoms with Gasteiger partial charge in [-0.05, 0) is 44.0 Å². The van der Waals surface area contributed by atoms with Gasteiger partial charge in [0.2, 0.25) is 0 Å². The molecule has 8 heteroatoms. The average molecular weight is 535 g/mol. The first-order valence-corrected chi connectivity index (χ1v) is 11.6. The van der Waals surface area contributed by atoms with Gasteiger partial charge in [-0.25, -0.2) is 0 Å². The largest absolute Gasteiger partial charge is 0.466 e. The number of carbonyl (C=O) groups excluding carboxylic acids is 1. The van der Waals surface area contributed by atoms with Crippen LogP contribution < -0.4 is 5.73 Å². The topological polar surface area (TPSA) is 58.8 Å². The van der Waals surface area contributed by atoms with E-state index >= 15 is 0 Å². The molecule has 0 radical (unpaired) electrons. The van der Waals surface area contributed by atoms with Crippen LogP contribution >= 0.6 is 37.2 Å². The monoisotopic (exact) mass is 533 g/mol. The van der Waals surface area contributed by atoms with E-state index in [9.17, 15) is 4.79 Å². The van der Waals surface area contributed by atoms with E-state index in [1.807, 2.05) is 13.8 Å². The predicted molar refractivity (Wildman–Crippen MR) is 150 cm³/mol. The van der Waals surface area contributed by atoms with Crippen LogP contribution in [-0.2, 0) is 9.53 Å². The Morgan fingerprint density at radius 3 is 1.79 bits per heavy atom. The summed E-state index contributed by atoms with van der Waals surface area (Å²) >= 11 is 0. The Labute approximate surface area is 224 Å². The zero-order valence-corrected chi connectivity index (χ0v) is 22.9. The molecule has 1 heterocycles. The van der Waals surface area contributed by atoms with Crippen molar-refractivity contribution in [3.05, 3.63) is 71.8 Å². The van der Waals surface area contributed by atoms with E-state index in [0.717, 1.165) is 52.1 Å². The standard InChI is InChI=1S/C20H27N3.C6H12O2.3ClH/c21-12-7-13-22-14-16-23(17-15-22)20(18-8-3-1-4-9-18)19-10-5-2-6-11-19;1-3-5-6(7)8-4-2;;;/h1-6,8-11,20H,7,12-17,21H2;3-5H2,1-2H3;3*1H. The summed E-state index contributed by atoms with van der Waals surface area (Å²) in [7, 11) is 0. The lowest BCUT2D eigenvalue weighted by molar-refractivity contribution is -0.143. The van der Waals surface area contributed by atoms with Gasteiger partial charge in [-0.2, -0.15) is 0 Å². The molecule has 1 fully saturated rings. The molecule has 0 saturated carbocycles. The fraction of sp³-hybridized carbons (Fsp3) is 0.500. The number of hydrogen-bond acceptors (Lipinski definition) is 5.